The average molecular weight is 1020 g/mol. The molecule has 1 saturated carbocycles. The van der Waals surface area contributed by atoms with Crippen molar-refractivity contribution < 1.29 is 9.13 Å². The number of aromatic nitrogens is 7. The van der Waals surface area contributed by atoms with Crippen LogP contribution in [0.5, 0.6) is 5.75 Å². The first-order chi connectivity index (χ1) is 36.0. The van der Waals surface area contributed by atoms with Crippen molar-refractivity contribution in [3.8, 4) is 28.5 Å². The third-order valence-corrected chi connectivity index (χ3v) is 14.8. The van der Waals surface area contributed by atoms with E-state index in [1.165, 1.54) is 64.2 Å². The first kappa shape index (κ1) is 53.6. The number of benzene rings is 4. The van der Waals surface area contributed by atoms with Gasteiger partial charge in [-0.1, -0.05) is 126 Å². The molecule has 0 saturated heterocycles. The van der Waals surface area contributed by atoms with Gasteiger partial charge in [-0.05, 0) is 160 Å². The van der Waals surface area contributed by atoms with Gasteiger partial charge < -0.3 is 19.6 Å². The molecule has 7 heterocycles. The number of hydrogen-bond acceptors (Lipinski definition) is 7. The maximum Gasteiger partial charge on any atom is 0.178 e. The predicted octanol–water partition coefficient (Wildman–Crippen LogP) is 16.5. The SMILES string of the molecule is CC(C)(C)C1CC1c1ccc2c(c1)CCO2.CC(C)(C)c1cc(F)ccc1-c1nc2ncccc2[nH]1.CC(C)(C)c1ccnc(N2CCCc3ccccc32)c1.Cc1cccc2[nH]c(-c3ccnc(C(C)(C)C)n3)cc12. The zero-order valence-electron chi connectivity index (χ0n) is 47.1. The summed E-state index contributed by atoms with van der Waals surface area (Å²) in [6, 6.07) is 38.9. The Bertz CT molecular complexity index is 3440. The van der Waals surface area contributed by atoms with E-state index in [1.54, 1.807) is 18.3 Å². The lowest BCUT2D eigenvalue weighted by Crippen LogP contribution is -2.25. The Morgan fingerprint density at radius 3 is 2.14 bits per heavy atom. The van der Waals surface area contributed by atoms with E-state index in [9.17, 15) is 4.39 Å². The van der Waals surface area contributed by atoms with Crippen LogP contribution in [0.3, 0.4) is 0 Å². The highest BCUT2D eigenvalue weighted by molar-refractivity contribution is 5.88. The summed E-state index contributed by atoms with van der Waals surface area (Å²) in [4.78, 5) is 31.4. The highest BCUT2D eigenvalue weighted by Gasteiger charge is 2.46. The molecule has 0 spiro atoms. The summed E-state index contributed by atoms with van der Waals surface area (Å²) in [5.74, 6) is 5.21. The zero-order chi connectivity index (χ0) is 54.2. The summed E-state index contributed by atoms with van der Waals surface area (Å²) in [6.45, 7) is 30.4. The van der Waals surface area contributed by atoms with Gasteiger partial charge in [-0.3, -0.25) is 0 Å². The number of para-hydroxylation sites is 1. The van der Waals surface area contributed by atoms with Crippen molar-refractivity contribution in [3.05, 3.63) is 179 Å². The van der Waals surface area contributed by atoms with Crippen LogP contribution in [0.2, 0.25) is 0 Å². The summed E-state index contributed by atoms with van der Waals surface area (Å²) in [7, 11) is 0. The van der Waals surface area contributed by atoms with Crippen molar-refractivity contribution in [3.63, 3.8) is 0 Å². The molecule has 2 unspecified atom stereocenters. The maximum atomic E-state index is 13.6. The van der Waals surface area contributed by atoms with E-state index in [-0.39, 0.29) is 22.1 Å². The molecule has 0 radical (unpaired) electrons. The number of nitrogens with zero attached hydrogens (tertiary/aromatic N) is 6. The second kappa shape index (κ2) is 21.4. The van der Waals surface area contributed by atoms with Crippen molar-refractivity contribution in [2.75, 3.05) is 18.1 Å². The van der Waals surface area contributed by atoms with E-state index < -0.39 is 0 Å². The second-order valence-corrected chi connectivity index (χ2v) is 25.0. The summed E-state index contributed by atoms with van der Waals surface area (Å²) in [5.41, 5.74) is 15.3. The quantitative estimate of drug-likeness (QED) is 0.181. The van der Waals surface area contributed by atoms with Crippen LogP contribution in [0, 0.1) is 24.1 Å². The minimum atomic E-state index is -0.229. The van der Waals surface area contributed by atoms with E-state index in [1.807, 2.05) is 30.6 Å². The van der Waals surface area contributed by atoms with Gasteiger partial charge in [0.25, 0.3) is 0 Å². The third kappa shape index (κ3) is 12.4. The normalized spacial score (nSPS) is 16.1. The molecule has 3 aliphatic rings. The molecule has 394 valence electrons. The molecule has 9 aromatic rings. The molecule has 5 aromatic heterocycles. The number of rotatable bonds is 4. The van der Waals surface area contributed by atoms with Crippen LogP contribution >= 0.6 is 0 Å². The minimum absolute atomic E-state index is 0.0437. The van der Waals surface area contributed by atoms with Gasteiger partial charge in [0.15, 0.2) is 5.65 Å². The fourth-order valence-electron chi connectivity index (χ4n) is 10.4. The van der Waals surface area contributed by atoms with E-state index in [0.717, 1.165) is 88.2 Å². The Morgan fingerprint density at radius 1 is 0.645 bits per heavy atom. The average Bonchev–Trinajstić information content (AvgIpc) is 3.65. The lowest BCUT2D eigenvalue weighted by molar-refractivity contribution is 0.343. The van der Waals surface area contributed by atoms with E-state index in [2.05, 4.69) is 204 Å². The molecule has 0 amide bonds. The van der Waals surface area contributed by atoms with Gasteiger partial charge in [0.1, 0.15) is 29.0 Å². The molecule has 2 aliphatic heterocycles. The van der Waals surface area contributed by atoms with Gasteiger partial charge in [-0.2, -0.15) is 0 Å². The van der Waals surface area contributed by atoms with E-state index in [4.69, 9.17) is 9.72 Å². The number of nitrogens with one attached hydrogen (secondary N) is 2. The lowest BCUT2D eigenvalue weighted by Gasteiger charge is -2.31. The van der Waals surface area contributed by atoms with Gasteiger partial charge in [-0.25, -0.2) is 29.3 Å². The highest BCUT2D eigenvalue weighted by Crippen LogP contribution is 2.57. The number of imidazole rings is 1. The Morgan fingerprint density at radius 2 is 1.42 bits per heavy atom. The van der Waals surface area contributed by atoms with Crippen LogP contribution in [0.15, 0.2) is 134 Å². The van der Waals surface area contributed by atoms with Crippen molar-refractivity contribution >= 4 is 33.6 Å². The molecular weight excluding hydrogens is 940 g/mol. The summed E-state index contributed by atoms with van der Waals surface area (Å²) in [6.07, 6.45) is 10.3. The number of pyridine rings is 2. The molecule has 2 atom stereocenters. The van der Waals surface area contributed by atoms with E-state index in [0.29, 0.717) is 11.1 Å². The first-order valence-corrected chi connectivity index (χ1v) is 27.1. The van der Waals surface area contributed by atoms with Crippen molar-refractivity contribution in [1.82, 2.24) is 34.9 Å². The van der Waals surface area contributed by atoms with Crippen LogP contribution in [0.25, 0.3) is 44.8 Å². The Labute approximate surface area is 450 Å². The summed E-state index contributed by atoms with van der Waals surface area (Å²) < 4.78 is 19.1. The van der Waals surface area contributed by atoms with E-state index >= 15 is 0 Å². The largest absolute Gasteiger partial charge is 0.493 e. The number of anilines is 2. The zero-order valence-corrected chi connectivity index (χ0v) is 47.1. The van der Waals surface area contributed by atoms with Crippen molar-refractivity contribution in [2.24, 2.45) is 11.3 Å². The minimum Gasteiger partial charge on any atom is -0.493 e. The number of aromatic amines is 2. The molecule has 76 heavy (non-hydrogen) atoms. The van der Waals surface area contributed by atoms with Crippen LogP contribution in [0.4, 0.5) is 15.9 Å². The van der Waals surface area contributed by atoms with Gasteiger partial charge in [0.05, 0.1) is 23.5 Å². The molecule has 9 nitrogen and oxygen atoms in total. The fourth-order valence-corrected chi connectivity index (χ4v) is 10.4. The molecule has 1 aliphatic carbocycles. The lowest BCUT2D eigenvalue weighted by atomic mass is 9.83. The highest BCUT2D eigenvalue weighted by atomic mass is 19.1. The predicted molar refractivity (Wildman–Crippen MR) is 311 cm³/mol. The molecule has 2 N–H and O–H groups in total. The molecule has 10 heteroatoms. The van der Waals surface area contributed by atoms with Gasteiger partial charge >= 0.3 is 0 Å². The molecule has 1 fully saturated rings. The number of aryl methyl sites for hydroxylation is 2. The number of ether oxygens (including phenoxy) is 1. The maximum absolute atomic E-state index is 13.6. The van der Waals surface area contributed by atoms with Crippen LogP contribution in [-0.4, -0.2) is 48.0 Å². The monoisotopic (exact) mass is 1020 g/mol. The number of hydrogen-bond donors (Lipinski definition) is 2. The number of fused-ring (bicyclic) bond motifs is 4. The van der Waals surface area contributed by atoms with Gasteiger partial charge in [0.2, 0.25) is 0 Å². The van der Waals surface area contributed by atoms with Gasteiger partial charge in [-0.15, -0.1) is 0 Å². The smallest absolute Gasteiger partial charge is 0.178 e. The Balaban J connectivity index is 0.000000124. The fraction of sp³-hybridized carbons (Fsp3) is 0.379. The number of halogens is 1. The standard InChI is InChI=1S/C18H22N2.C17H19N3.C16H16FN3.C15H20O/c1-18(2,3)15-10-11-19-17(13-15)20-12-6-8-14-7-4-5-9-16(14)20;1-11-6-5-7-13-12(11)10-15(19-13)14-8-9-18-16(20-14)17(2,3)4;1-16(2,3)12-9-10(17)6-7-11(12)14-19-13-5-4-8-18-15(13)20-14;1-15(2,3)13-9-12(13)10-4-5-14-11(8-10)6-7-16-14/h4-5,7,9-11,13H,6,8,12H2,1-3H3;5-10,19H,1-4H3;4-9H,1-3H3,(H,18,19,20);4-5,8,12-13H,6-7,9H2,1-3H3. The summed E-state index contributed by atoms with van der Waals surface area (Å²) in [5, 5.41) is 1.25. The molecular formula is C66H77FN8O. The van der Waals surface area contributed by atoms with Crippen LogP contribution in [-0.2, 0) is 29.1 Å². The Kier molecular flexibility index (Phi) is 15.1. The Hall–Kier alpha value is -7.20. The van der Waals surface area contributed by atoms with Crippen molar-refractivity contribution in [1.29, 1.82) is 0 Å². The topological polar surface area (TPSA) is 108 Å². The van der Waals surface area contributed by atoms with Gasteiger partial charge in [0, 0.05) is 59.1 Å². The number of H-pyrrole nitrogens is 2. The van der Waals surface area contributed by atoms with Crippen LogP contribution in [0.1, 0.15) is 141 Å². The molecule has 12 rings (SSSR count). The van der Waals surface area contributed by atoms with Crippen LogP contribution < -0.4 is 9.64 Å². The molecule has 0 bridgehead atoms. The second-order valence-electron chi connectivity index (χ2n) is 25.0. The summed E-state index contributed by atoms with van der Waals surface area (Å²) >= 11 is 0. The van der Waals surface area contributed by atoms with Crippen molar-refractivity contribution in [2.45, 2.75) is 138 Å². The third-order valence-electron chi connectivity index (χ3n) is 14.8. The molecule has 4 aromatic carbocycles. The first-order valence-electron chi connectivity index (χ1n) is 27.1.